The van der Waals surface area contributed by atoms with Crippen LogP contribution in [0.5, 0.6) is 0 Å². The summed E-state index contributed by atoms with van der Waals surface area (Å²) >= 11 is 1.54. The molecule has 104 valence electrons. The minimum Gasteiger partial charge on any atom is -0.459 e. The van der Waals surface area contributed by atoms with Crippen molar-refractivity contribution in [3.05, 3.63) is 40.9 Å². The average Bonchev–Trinajstić information content (AvgIpc) is 2.82. The molecule has 0 amide bonds. The van der Waals surface area contributed by atoms with Gasteiger partial charge in [0.05, 0.1) is 5.56 Å². The number of carbonyl (C=O) groups is 1. The fourth-order valence-corrected chi connectivity index (χ4v) is 2.77. The van der Waals surface area contributed by atoms with Gasteiger partial charge in [0.25, 0.3) is 0 Å². The van der Waals surface area contributed by atoms with Crippen LogP contribution in [0.4, 0.5) is 5.13 Å². The predicted molar refractivity (Wildman–Crippen MR) is 76.9 cm³/mol. The van der Waals surface area contributed by atoms with Crippen LogP contribution >= 0.6 is 11.3 Å². The van der Waals surface area contributed by atoms with Crippen LogP contribution in [0.25, 0.3) is 0 Å². The summed E-state index contributed by atoms with van der Waals surface area (Å²) in [6, 6.07) is 9.39. The van der Waals surface area contributed by atoms with E-state index in [1.807, 2.05) is 25.1 Å². The van der Waals surface area contributed by atoms with Crippen molar-refractivity contribution in [3.8, 4) is 0 Å². The highest BCUT2D eigenvalue weighted by atomic mass is 32.1. The largest absolute Gasteiger partial charge is 0.459 e. The van der Waals surface area contributed by atoms with Gasteiger partial charge in [-0.1, -0.05) is 29.5 Å². The van der Waals surface area contributed by atoms with Crippen molar-refractivity contribution in [2.24, 2.45) is 0 Å². The standard InChI is InChI=1S/C14H15N3O2S/c1-9-16-17-14(20-9)15-11-7-12(8-11)19-13(18)10-5-3-2-4-6-10/h2-6,11-12H,7-8H2,1H3,(H,15,17). The van der Waals surface area contributed by atoms with E-state index in [0.29, 0.717) is 11.6 Å². The molecule has 6 heteroatoms. The molecular formula is C14H15N3O2S. The Hall–Kier alpha value is -1.95. The summed E-state index contributed by atoms with van der Waals surface area (Å²) < 4.78 is 5.43. The fourth-order valence-electron chi connectivity index (χ4n) is 2.10. The van der Waals surface area contributed by atoms with Gasteiger partial charge < -0.3 is 10.1 Å². The SMILES string of the molecule is Cc1nnc(NC2CC(OC(=O)c3ccccc3)C2)s1. The van der Waals surface area contributed by atoms with Gasteiger partial charge in [-0.25, -0.2) is 4.79 Å². The van der Waals surface area contributed by atoms with Crippen molar-refractivity contribution in [2.45, 2.75) is 31.9 Å². The van der Waals surface area contributed by atoms with Crippen molar-refractivity contribution >= 4 is 22.4 Å². The number of hydrogen-bond acceptors (Lipinski definition) is 6. The molecule has 5 nitrogen and oxygen atoms in total. The summed E-state index contributed by atoms with van der Waals surface area (Å²) in [4.78, 5) is 11.9. The maximum absolute atomic E-state index is 11.9. The van der Waals surface area contributed by atoms with Gasteiger partial charge >= 0.3 is 5.97 Å². The Morgan fingerprint density at radius 2 is 2.05 bits per heavy atom. The quantitative estimate of drug-likeness (QED) is 0.877. The van der Waals surface area contributed by atoms with Crippen molar-refractivity contribution in [3.63, 3.8) is 0 Å². The molecule has 20 heavy (non-hydrogen) atoms. The number of anilines is 1. The lowest BCUT2D eigenvalue weighted by Crippen LogP contribution is -2.41. The molecule has 1 N–H and O–H groups in total. The van der Waals surface area contributed by atoms with E-state index in [0.717, 1.165) is 23.0 Å². The lowest BCUT2D eigenvalue weighted by molar-refractivity contribution is 0.00548. The summed E-state index contributed by atoms with van der Waals surface area (Å²) in [6.07, 6.45) is 1.63. The van der Waals surface area contributed by atoms with E-state index in [2.05, 4.69) is 15.5 Å². The number of nitrogens with zero attached hydrogens (tertiary/aromatic N) is 2. The Balaban J connectivity index is 1.45. The van der Waals surface area contributed by atoms with Crippen LogP contribution in [-0.4, -0.2) is 28.3 Å². The number of aromatic nitrogens is 2. The Kier molecular flexibility index (Phi) is 3.64. The van der Waals surface area contributed by atoms with Gasteiger partial charge in [-0.2, -0.15) is 0 Å². The lowest BCUT2D eigenvalue weighted by atomic mass is 9.89. The third kappa shape index (κ3) is 2.96. The van der Waals surface area contributed by atoms with E-state index < -0.39 is 0 Å². The maximum atomic E-state index is 11.9. The monoisotopic (exact) mass is 289 g/mol. The van der Waals surface area contributed by atoms with Crippen LogP contribution in [-0.2, 0) is 4.74 Å². The zero-order valence-electron chi connectivity index (χ0n) is 11.1. The summed E-state index contributed by atoms with van der Waals surface area (Å²) in [5.41, 5.74) is 0.601. The van der Waals surface area contributed by atoms with Crippen LogP contribution in [0.3, 0.4) is 0 Å². The van der Waals surface area contributed by atoms with Gasteiger partial charge in [0, 0.05) is 18.9 Å². The van der Waals surface area contributed by atoms with Gasteiger partial charge in [-0.05, 0) is 19.1 Å². The van der Waals surface area contributed by atoms with Crippen LogP contribution in [0.1, 0.15) is 28.2 Å². The molecule has 3 rings (SSSR count). The topological polar surface area (TPSA) is 64.1 Å². The van der Waals surface area contributed by atoms with Crippen molar-refractivity contribution < 1.29 is 9.53 Å². The van der Waals surface area contributed by atoms with Crippen LogP contribution in [0, 0.1) is 6.92 Å². The molecule has 2 aromatic rings. The Bertz CT molecular complexity index is 593. The minimum atomic E-state index is -0.249. The second-order valence-electron chi connectivity index (χ2n) is 4.83. The smallest absolute Gasteiger partial charge is 0.338 e. The fraction of sp³-hybridized carbons (Fsp3) is 0.357. The summed E-state index contributed by atoms with van der Waals surface area (Å²) in [7, 11) is 0. The molecule has 1 aliphatic rings. The Labute approximate surface area is 121 Å². The average molecular weight is 289 g/mol. The number of nitrogens with one attached hydrogen (secondary N) is 1. The first-order valence-electron chi connectivity index (χ1n) is 6.53. The second-order valence-corrected chi connectivity index (χ2v) is 6.01. The maximum Gasteiger partial charge on any atom is 0.338 e. The van der Waals surface area contributed by atoms with Crippen molar-refractivity contribution in [1.29, 1.82) is 0 Å². The van der Waals surface area contributed by atoms with E-state index in [-0.39, 0.29) is 12.1 Å². The van der Waals surface area contributed by atoms with Crippen molar-refractivity contribution in [2.75, 3.05) is 5.32 Å². The van der Waals surface area contributed by atoms with Gasteiger partial charge in [0.2, 0.25) is 5.13 Å². The van der Waals surface area contributed by atoms with E-state index in [9.17, 15) is 4.79 Å². The number of hydrogen-bond donors (Lipinski definition) is 1. The molecule has 1 aliphatic carbocycles. The zero-order chi connectivity index (χ0) is 13.9. The third-order valence-corrected chi connectivity index (χ3v) is 4.00. The number of esters is 1. The number of aryl methyl sites for hydroxylation is 1. The summed E-state index contributed by atoms with van der Waals surface area (Å²) in [5.74, 6) is -0.249. The first kappa shape index (κ1) is 13.1. The molecule has 0 aliphatic heterocycles. The first-order valence-corrected chi connectivity index (χ1v) is 7.35. The molecular weight excluding hydrogens is 274 g/mol. The first-order chi connectivity index (χ1) is 9.70. The molecule has 1 aromatic carbocycles. The molecule has 1 heterocycles. The molecule has 0 unspecified atom stereocenters. The summed E-state index contributed by atoms with van der Waals surface area (Å²) in [6.45, 7) is 1.92. The second kappa shape index (κ2) is 5.58. The predicted octanol–water partition coefficient (Wildman–Crippen LogP) is 2.65. The molecule has 0 atom stereocenters. The van der Waals surface area contributed by atoms with Gasteiger partial charge in [-0.15, -0.1) is 10.2 Å². The molecule has 1 fully saturated rings. The highest BCUT2D eigenvalue weighted by Gasteiger charge is 2.32. The Morgan fingerprint density at radius 3 is 2.70 bits per heavy atom. The van der Waals surface area contributed by atoms with Gasteiger partial charge in [0.15, 0.2) is 0 Å². The van der Waals surface area contributed by atoms with E-state index in [1.54, 1.807) is 12.1 Å². The Morgan fingerprint density at radius 1 is 1.30 bits per heavy atom. The molecule has 0 radical (unpaired) electrons. The zero-order valence-corrected chi connectivity index (χ0v) is 11.9. The van der Waals surface area contributed by atoms with E-state index in [4.69, 9.17) is 4.74 Å². The highest BCUT2D eigenvalue weighted by Crippen LogP contribution is 2.28. The van der Waals surface area contributed by atoms with Gasteiger partial charge in [0.1, 0.15) is 11.1 Å². The normalized spacial score (nSPS) is 21.1. The number of benzene rings is 1. The highest BCUT2D eigenvalue weighted by molar-refractivity contribution is 7.15. The third-order valence-electron chi connectivity index (χ3n) is 3.23. The number of carbonyl (C=O) groups excluding carboxylic acids is 1. The van der Waals surface area contributed by atoms with Crippen LogP contribution < -0.4 is 5.32 Å². The molecule has 1 saturated carbocycles. The number of rotatable bonds is 4. The molecule has 0 spiro atoms. The molecule has 0 saturated heterocycles. The van der Waals surface area contributed by atoms with E-state index in [1.165, 1.54) is 11.3 Å². The molecule has 0 bridgehead atoms. The minimum absolute atomic E-state index is 0.00535. The van der Waals surface area contributed by atoms with Crippen LogP contribution in [0.15, 0.2) is 30.3 Å². The number of ether oxygens (including phenoxy) is 1. The summed E-state index contributed by atoms with van der Waals surface area (Å²) in [5, 5.41) is 13.0. The lowest BCUT2D eigenvalue weighted by Gasteiger charge is -2.34. The van der Waals surface area contributed by atoms with Gasteiger partial charge in [-0.3, -0.25) is 0 Å². The van der Waals surface area contributed by atoms with E-state index >= 15 is 0 Å². The van der Waals surface area contributed by atoms with Crippen molar-refractivity contribution in [1.82, 2.24) is 10.2 Å². The molecule has 1 aromatic heterocycles. The van der Waals surface area contributed by atoms with Crippen LogP contribution in [0.2, 0.25) is 0 Å².